The van der Waals surface area contributed by atoms with Crippen molar-refractivity contribution in [2.75, 3.05) is 22.8 Å². The fraction of sp³-hybridized carbons (Fsp3) is 0.519. The van der Waals surface area contributed by atoms with E-state index in [1.54, 1.807) is 27.0 Å². The van der Waals surface area contributed by atoms with Crippen LogP contribution in [0.3, 0.4) is 0 Å². The van der Waals surface area contributed by atoms with E-state index in [1.807, 2.05) is 24.3 Å². The summed E-state index contributed by atoms with van der Waals surface area (Å²) in [5.74, 6) is 2.08. The van der Waals surface area contributed by atoms with Crippen molar-refractivity contribution in [3.8, 4) is 11.5 Å². The SMILES string of the molecule is CCCC1CCCN1c1cc(-c2nnc([C@@H](C)Cc3ccccc3)o2)cc(N(C)S(=O)(=O)C(C)C)n1. The second-order valence-corrected chi connectivity index (χ2v) is 12.5. The van der Waals surface area contributed by atoms with Crippen molar-refractivity contribution in [1.82, 2.24) is 15.2 Å². The van der Waals surface area contributed by atoms with Gasteiger partial charge in [0, 0.05) is 31.1 Å². The molecule has 0 amide bonds. The molecular weight excluding hydrogens is 474 g/mol. The molecule has 0 N–H and O–H groups in total. The Morgan fingerprint density at radius 2 is 1.89 bits per heavy atom. The van der Waals surface area contributed by atoms with Crippen LogP contribution in [0.5, 0.6) is 0 Å². The van der Waals surface area contributed by atoms with E-state index < -0.39 is 15.3 Å². The number of rotatable bonds is 10. The van der Waals surface area contributed by atoms with Crippen molar-refractivity contribution in [1.29, 1.82) is 0 Å². The molecule has 1 fully saturated rings. The summed E-state index contributed by atoms with van der Waals surface area (Å²) < 4.78 is 33.3. The normalized spacial score (nSPS) is 17.1. The summed E-state index contributed by atoms with van der Waals surface area (Å²) >= 11 is 0. The van der Waals surface area contributed by atoms with Crippen LogP contribution in [0.1, 0.15) is 70.8 Å². The van der Waals surface area contributed by atoms with Crippen LogP contribution in [0.25, 0.3) is 11.5 Å². The van der Waals surface area contributed by atoms with Crippen LogP contribution in [0.4, 0.5) is 11.6 Å². The summed E-state index contributed by atoms with van der Waals surface area (Å²) in [4.78, 5) is 7.10. The standard InChI is InChI=1S/C27H37N5O3S/c1-6-11-23-14-10-15-32(23)25-18-22(17-24(28-25)31(5)36(33,34)19(2)3)27-30-29-26(35-27)20(4)16-21-12-8-7-9-13-21/h7-9,12-13,17-20,23H,6,10-11,14-16H2,1-5H3/t20-,23?/m0/s1. The molecule has 1 aromatic carbocycles. The molecule has 3 heterocycles. The van der Waals surface area contributed by atoms with E-state index in [0.29, 0.717) is 29.2 Å². The first kappa shape index (κ1) is 26.1. The van der Waals surface area contributed by atoms with Gasteiger partial charge in [-0.15, -0.1) is 10.2 Å². The number of benzene rings is 1. The molecule has 1 aliphatic rings. The largest absolute Gasteiger partial charge is 0.420 e. The predicted molar refractivity (Wildman–Crippen MR) is 144 cm³/mol. The van der Waals surface area contributed by atoms with Crippen molar-refractivity contribution >= 4 is 21.7 Å². The minimum Gasteiger partial charge on any atom is -0.420 e. The Bertz CT molecular complexity index is 1260. The van der Waals surface area contributed by atoms with Crippen LogP contribution in [0.2, 0.25) is 0 Å². The molecule has 3 aromatic rings. The Labute approximate surface area is 214 Å². The quantitative estimate of drug-likeness (QED) is 0.359. The van der Waals surface area contributed by atoms with E-state index >= 15 is 0 Å². The second kappa shape index (κ2) is 11.0. The van der Waals surface area contributed by atoms with E-state index in [1.165, 1.54) is 9.87 Å². The molecule has 4 rings (SSSR count). The molecule has 2 atom stereocenters. The van der Waals surface area contributed by atoms with E-state index in [4.69, 9.17) is 9.40 Å². The molecule has 0 saturated carbocycles. The third-order valence-electron chi connectivity index (χ3n) is 6.89. The lowest BCUT2D eigenvalue weighted by molar-refractivity contribution is 0.466. The summed E-state index contributed by atoms with van der Waals surface area (Å²) in [6.45, 7) is 8.49. The van der Waals surface area contributed by atoms with Gasteiger partial charge in [0.1, 0.15) is 11.6 Å². The number of anilines is 2. The topological polar surface area (TPSA) is 92.4 Å². The average Bonchev–Trinajstić information content (AvgIpc) is 3.54. The highest BCUT2D eigenvalue weighted by molar-refractivity contribution is 7.93. The zero-order valence-electron chi connectivity index (χ0n) is 21.9. The van der Waals surface area contributed by atoms with Gasteiger partial charge in [-0.1, -0.05) is 50.6 Å². The Balaban J connectivity index is 1.70. The van der Waals surface area contributed by atoms with Gasteiger partial charge in [0.25, 0.3) is 0 Å². The van der Waals surface area contributed by atoms with E-state index in [9.17, 15) is 8.42 Å². The fourth-order valence-electron chi connectivity index (χ4n) is 4.76. The number of pyridine rings is 1. The van der Waals surface area contributed by atoms with Crippen molar-refractivity contribution < 1.29 is 12.8 Å². The average molecular weight is 512 g/mol. The Hall–Kier alpha value is -2.94. The van der Waals surface area contributed by atoms with Crippen LogP contribution in [0, 0.1) is 0 Å². The Kier molecular flexibility index (Phi) is 7.97. The van der Waals surface area contributed by atoms with E-state index in [0.717, 1.165) is 44.5 Å². The van der Waals surface area contributed by atoms with Gasteiger partial charge in [0.15, 0.2) is 0 Å². The lowest BCUT2D eigenvalue weighted by Gasteiger charge is -2.28. The third-order valence-corrected chi connectivity index (χ3v) is 9.03. The van der Waals surface area contributed by atoms with E-state index in [2.05, 4.69) is 41.1 Å². The molecule has 194 valence electrons. The van der Waals surface area contributed by atoms with Gasteiger partial charge in [-0.2, -0.15) is 0 Å². The van der Waals surface area contributed by atoms with Gasteiger partial charge < -0.3 is 9.32 Å². The van der Waals surface area contributed by atoms with Crippen LogP contribution in [-0.2, 0) is 16.4 Å². The molecule has 1 unspecified atom stereocenters. The predicted octanol–water partition coefficient (Wildman–Crippen LogP) is 5.42. The summed E-state index contributed by atoms with van der Waals surface area (Å²) in [6, 6.07) is 14.3. The lowest BCUT2D eigenvalue weighted by Crippen LogP contribution is -2.34. The summed E-state index contributed by atoms with van der Waals surface area (Å²) in [7, 11) is -1.99. The highest BCUT2D eigenvalue weighted by atomic mass is 32.2. The molecule has 9 heteroatoms. The Morgan fingerprint density at radius 1 is 1.14 bits per heavy atom. The molecule has 8 nitrogen and oxygen atoms in total. The van der Waals surface area contributed by atoms with Gasteiger partial charge >= 0.3 is 0 Å². The molecule has 0 aliphatic carbocycles. The Morgan fingerprint density at radius 3 is 2.58 bits per heavy atom. The number of aromatic nitrogens is 3. The highest BCUT2D eigenvalue weighted by Gasteiger charge is 2.29. The number of hydrogen-bond acceptors (Lipinski definition) is 7. The molecule has 1 aliphatic heterocycles. The smallest absolute Gasteiger partial charge is 0.248 e. The van der Waals surface area contributed by atoms with Crippen molar-refractivity contribution in [3.63, 3.8) is 0 Å². The first-order valence-electron chi connectivity index (χ1n) is 12.8. The molecule has 1 saturated heterocycles. The lowest BCUT2D eigenvalue weighted by atomic mass is 10.0. The molecule has 0 radical (unpaired) electrons. The second-order valence-electron chi connectivity index (χ2n) is 9.95. The number of hydrogen-bond donors (Lipinski definition) is 0. The summed E-state index contributed by atoms with van der Waals surface area (Å²) in [5.41, 5.74) is 1.88. The summed E-state index contributed by atoms with van der Waals surface area (Å²) in [6.07, 6.45) is 5.15. The minimum atomic E-state index is -3.55. The van der Waals surface area contributed by atoms with Gasteiger partial charge in [-0.3, -0.25) is 4.31 Å². The first-order valence-corrected chi connectivity index (χ1v) is 14.3. The maximum atomic E-state index is 13.0. The third kappa shape index (κ3) is 5.56. The number of nitrogens with zero attached hydrogens (tertiary/aromatic N) is 5. The maximum absolute atomic E-state index is 13.0. The van der Waals surface area contributed by atoms with Gasteiger partial charge in [-0.25, -0.2) is 13.4 Å². The molecule has 0 bridgehead atoms. The van der Waals surface area contributed by atoms with Crippen molar-refractivity contribution in [2.24, 2.45) is 0 Å². The monoisotopic (exact) mass is 511 g/mol. The molecule has 0 spiro atoms. The molecular formula is C27H37N5O3S. The summed E-state index contributed by atoms with van der Waals surface area (Å²) in [5, 5.41) is 8.10. The van der Waals surface area contributed by atoms with Gasteiger partial charge in [0.2, 0.25) is 21.8 Å². The van der Waals surface area contributed by atoms with Crippen LogP contribution in [-0.4, -0.2) is 48.5 Å². The van der Waals surface area contributed by atoms with Gasteiger partial charge in [-0.05, 0) is 57.2 Å². The zero-order valence-corrected chi connectivity index (χ0v) is 22.7. The van der Waals surface area contributed by atoms with Crippen LogP contribution in [0.15, 0.2) is 46.9 Å². The molecule has 2 aromatic heterocycles. The number of sulfonamides is 1. The zero-order chi connectivity index (χ0) is 25.9. The van der Waals surface area contributed by atoms with Crippen molar-refractivity contribution in [3.05, 3.63) is 53.9 Å². The first-order chi connectivity index (χ1) is 17.2. The minimum absolute atomic E-state index is 0.0472. The fourth-order valence-corrected chi connectivity index (χ4v) is 5.74. The van der Waals surface area contributed by atoms with E-state index in [-0.39, 0.29) is 5.92 Å². The maximum Gasteiger partial charge on any atom is 0.248 e. The van der Waals surface area contributed by atoms with Crippen LogP contribution >= 0.6 is 0 Å². The molecule has 36 heavy (non-hydrogen) atoms. The van der Waals surface area contributed by atoms with Crippen molar-refractivity contribution in [2.45, 2.75) is 77.0 Å². The highest BCUT2D eigenvalue weighted by Crippen LogP contribution is 2.34. The van der Waals surface area contributed by atoms with Crippen LogP contribution < -0.4 is 9.21 Å². The van der Waals surface area contributed by atoms with Gasteiger partial charge in [0.05, 0.1) is 5.25 Å².